The van der Waals surface area contributed by atoms with E-state index >= 15 is 0 Å². The summed E-state index contributed by atoms with van der Waals surface area (Å²) in [6.07, 6.45) is 0. The van der Waals surface area contributed by atoms with Gasteiger partial charge in [0, 0.05) is 22.6 Å². The van der Waals surface area contributed by atoms with Crippen LogP contribution in [0.2, 0.25) is 0 Å². The molecule has 1 unspecified atom stereocenters. The van der Waals surface area contributed by atoms with E-state index in [1.807, 2.05) is 43.3 Å². The molecule has 1 aliphatic heterocycles. The molecule has 0 spiro atoms. The molecule has 0 fully saturated rings. The van der Waals surface area contributed by atoms with E-state index in [4.69, 9.17) is 19.5 Å². The predicted octanol–water partition coefficient (Wildman–Crippen LogP) is 3.97. The Bertz CT molecular complexity index is 749. The molecular formula is C19H19NO3. The number of rotatable bonds is 2. The van der Waals surface area contributed by atoms with Gasteiger partial charge in [0.1, 0.15) is 29.9 Å². The Hall–Kier alpha value is -2.67. The summed E-state index contributed by atoms with van der Waals surface area (Å²) in [7, 11) is 0. The van der Waals surface area contributed by atoms with Crippen molar-refractivity contribution in [2.24, 2.45) is 0 Å². The molecule has 23 heavy (non-hydrogen) atoms. The fraction of sp³-hybridized carbons (Fsp3) is 0.316. The van der Waals surface area contributed by atoms with Gasteiger partial charge in [-0.2, -0.15) is 5.26 Å². The first-order valence-electron chi connectivity index (χ1n) is 7.67. The van der Waals surface area contributed by atoms with Crippen LogP contribution in [-0.4, -0.2) is 13.2 Å². The summed E-state index contributed by atoms with van der Waals surface area (Å²) in [5, 5.41) is 8.68. The van der Waals surface area contributed by atoms with Crippen molar-refractivity contribution in [2.75, 3.05) is 13.2 Å². The van der Waals surface area contributed by atoms with Gasteiger partial charge in [-0.3, -0.25) is 0 Å². The number of nitriles is 1. The fourth-order valence-corrected chi connectivity index (χ4v) is 2.78. The highest BCUT2D eigenvalue weighted by Gasteiger charge is 2.19. The number of nitrogens with zero attached hydrogens (tertiary/aromatic N) is 1. The molecular weight excluding hydrogens is 290 g/mol. The van der Waals surface area contributed by atoms with Gasteiger partial charge in [0.25, 0.3) is 0 Å². The zero-order valence-corrected chi connectivity index (χ0v) is 13.3. The highest BCUT2D eigenvalue weighted by atomic mass is 16.5. The van der Waals surface area contributed by atoms with Crippen molar-refractivity contribution in [2.45, 2.75) is 26.4 Å². The molecule has 2 aromatic carbocycles. The Kier molecular flexibility index (Phi) is 4.38. The topological polar surface area (TPSA) is 51.5 Å². The van der Waals surface area contributed by atoms with Crippen LogP contribution in [0.1, 0.15) is 29.5 Å². The monoisotopic (exact) mass is 309 g/mol. The SMILES string of the molecule is Cc1c(OCC#N)ccc2c1OCC(C)c1ccccc1OC2. The molecule has 1 aliphatic rings. The average Bonchev–Trinajstić information content (AvgIpc) is 2.64. The van der Waals surface area contributed by atoms with Gasteiger partial charge in [-0.15, -0.1) is 0 Å². The molecule has 3 rings (SSSR count). The minimum atomic E-state index is 0.0258. The van der Waals surface area contributed by atoms with Crippen LogP contribution < -0.4 is 14.2 Å². The van der Waals surface area contributed by atoms with Crippen LogP contribution in [0.5, 0.6) is 17.2 Å². The predicted molar refractivity (Wildman–Crippen MR) is 87.0 cm³/mol. The summed E-state index contributed by atoms with van der Waals surface area (Å²) in [5.74, 6) is 2.59. The second-order valence-corrected chi connectivity index (χ2v) is 5.66. The van der Waals surface area contributed by atoms with Crippen molar-refractivity contribution >= 4 is 0 Å². The van der Waals surface area contributed by atoms with E-state index in [1.54, 1.807) is 0 Å². The van der Waals surface area contributed by atoms with E-state index in [2.05, 4.69) is 13.0 Å². The van der Waals surface area contributed by atoms with Crippen molar-refractivity contribution in [1.29, 1.82) is 5.26 Å². The molecule has 4 heteroatoms. The number of para-hydroxylation sites is 1. The normalized spacial score (nSPS) is 16.3. The summed E-state index contributed by atoms with van der Waals surface area (Å²) < 4.78 is 17.6. The summed E-state index contributed by atoms with van der Waals surface area (Å²) in [4.78, 5) is 0. The molecule has 1 atom stereocenters. The maximum absolute atomic E-state index is 8.68. The first kappa shape index (κ1) is 15.2. The maximum atomic E-state index is 8.68. The van der Waals surface area contributed by atoms with Gasteiger partial charge in [0.05, 0.1) is 6.61 Å². The Morgan fingerprint density at radius 1 is 1.22 bits per heavy atom. The molecule has 0 N–H and O–H groups in total. The fourth-order valence-electron chi connectivity index (χ4n) is 2.78. The van der Waals surface area contributed by atoms with Crippen molar-refractivity contribution in [3.05, 3.63) is 53.1 Å². The minimum absolute atomic E-state index is 0.0258. The molecule has 1 heterocycles. The van der Waals surface area contributed by atoms with Crippen molar-refractivity contribution < 1.29 is 14.2 Å². The van der Waals surface area contributed by atoms with Crippen LogP contribution in [0, 0.1) is 18.3 Å². The van der Waals surface area contributed by atoms with Crippen LogP contribution in [0.15, 0.2) is 36.4 Å². The lowest BCUT2D eigenvalue weighted by Gasteiger charge is -2.17. The molecule has 0 aliphatic carbocycles. The first-order chi connectivity index (χ1) is 11.2. The smallest absolute Gasteiger partial charge is 0.174 e. The van der Waals surface area contributed by atoms with E-state index < -0.39 is 0 Å². The molecule has 0 aromatic heterocycles. The summed E-state index contributed by atoms with van der Waals surface area (Å²) in [6.45, 7) is 5.10. The average molecular weight is 309 g/mol. The summed E-state index contributed by atoms with van der Waals surface area (Å²) >= 11 is 0. The van der Waals surface area contributed by atoms with Gasteiger partial charge in [-0.05, 0) is 25.1 Å². The summed E-state index contributed by atoms with van der Waals surface area (Å²) in [5.41, 5.74) is 3.04. The molecule has 2 aromatic rings. The molecule has 0 radical (unpaired) electrons. The van der Waals surface area contributed by atoms with Crippen LogP contribution >= 0.6 is 0 Å². The highest BCUT2D eigenvalue weighted by molar-refractivity contribution is 5.50. The third-order valence-corrected chi connectivity index (χ3v) is 4.04. The van der Waals surface area contributed by atoms with E-state index in [1.165, 1.54) is 0 Å². The second kappa shape index (κ2) is 6.62. The zero-order valence-electron chi connectivity index (χ0n) is 13.3. The van der Waals surface area contributed by atoms with Crippen LogP contribution in [-0.2, 0) is 6.61 Å². The molecule has 0 saturated heterocycles. The standard InChI is InChI=1S/C19H19NO3/c1-13-11-23-19-14(2)17(21-10-9-20)8-7-15(19)12-22-18-6-4-3-5-16(13)18/h3-8,13H,10-12H2,1-2H3. The Morgan fingerprint density at radius 2 is 2.04 bits per heavy atom. The molecule has 0 amide bonds. The molecule has 0 bridgehead atoms. The quantitative estimate of drug-likeness (QED) is 0.842. The van der Waals surface area contributed by atoms with Crippen LogP contribution in [0.3, 0.4) is 0 Å². The second-order valence-electron chi connectivity index (χ2n) is 5.66. The highest BCUT2D eigenvalue weighted by Crippen LogP contribution is 2.36. The van der Waals surface area contributed by atoms with Crippen LogP contribution in [0.25, 0.3) is 0 Å². The van der Waals surface area contributed by atoms with Crippen molar-refractivity contribution in [1.82, 2.24) is 0 Å². The zero-order chi connectivity index (χ0) is 16.2. The van der Waals surface area contributed by atoms with Crippen molar-refractivity contribution in [3.8, 4) is 23.3 Å². The largest absolute Gasteiger partial charge is 0.492 e. The summed E-state index contributed by atoms with van der Waals surface area (Å²) in [6, 6.07) is 13.9. The lowest BCUT2D eigenvalue weighted by atomic mass is 10.0. The lowest BCUT2D eigenvalue weighted by Crippen LogP contribution is -2.09. The number of benzene rings is 2. The minimum Gasteiger partial charge on any atom is -0.492 e. The van der Waals surface area contributed by atoms with E-state index in [0.717, 1.165) is 28.2 Å². The third kappa shape index (κ3) is 3.09. The Labute approximate surface area is 136 Å². The van der Waals surface area contributed by atoms with E-state index in [0.29, 0.717) is 19.0 Å². The van der Waals surface area contributed by atoms with Gasteiger partial charge >= 0.3 is 0 Å². The molecule has 118 valence electrons. The van der Waals surface area contributed by atoms with Gasteiger partial charge in [0.2, 0.25) is 0 Å². The maximum Gasteiger partial charge on any atom is 0.174 e. The van der Waals surface area contributed by atoms with Gasteiger partial charge in [-0.1, -0.05) is 25.1 Å². The number of fused-ring (bicyclic) bond motifs is 2. The van der Waals surface area contributed by atoms with Crippen LogP contribution in [0.4, 0.5) is 0 Å². The first-order valence-corrected chi connectivity index (χ1v) is 7.67. The number of hydrogen-bond donors (Lipinski definition) is 0. The van der Waals surface area contributed by atoms with Gasteiger partial charge in [0.15, 0.2) is 6.61 Å². The van der Waals surface area contributed by atoms with Crippen molar-refractivity contribution in [3.63, 3.8) is 0 Å². The molecule has 0 saturated carbocycles. The molecule has 4 nitrogen and oxygen atoms in total. The number of hydrogen-bond acceptors (Lipinski definition) is 4. The third-order valence-electron chi connectivity index (χ3n) is 4.04. The van der Waals surface area contributed by atoms with E-state index in [-0.39, 0.29) is 12.5 Å². The van der Waals surface area contributed by atoms with Gasteiger partial charge in [-0.25, -0.2) is 0 Å². The Balaban J connectivity index is 1.95. The Morgan fingerprint density at radius 3 is 2.87 bits per heavy atom. The lowest BCUT2D eigenvalue weighted by molar-refractivity contribution is 0.283. The number of ether oxygens (including phenoxy) is 3. The van der Waals surface area contributed by atoms with Gasteiger partial charge < -0.3 is 14.2 Å². The van der Waals surface area contributed by atoms with E-state index in [9.17, 15) is 0 Å².